The highest BCUT2D eigenvalue weighted by Gasteiger charge is 2.30. The molecule has 1 amide bonds. The molecule has 0 aromatic heterocycles. The lowest BCUT2D eigenvalue weighted by Gasteiger charge is -2.19. The van der Waals surface area contributed by atoms with Gasteiger partial charge in [-0.3, -0.25) is 13.8 Å². The number of esters is 1. The number of nitrogens with zero attached hydrogens (tertiary/aromatic N) is 3. The van der Waals surface area contributed by atoms with Gasteiger partial charge in [0.1, 0.15) is 25.0 Å². The molecule has 3 aromatic carbocycles. The molecule has 3 rings (SSSR count). The van der Waals surface area contributed by atoms with Crippen molar-refractivity contribution >= 4 is 22.0 Å². The van der Waals surface area contributed by atoms with E-state index in [0.29, 0.717) is 36.1 Å². The fourth-order valence-electron chi connectivity index (χ4n) is 4.15. The first kappa shape index (κ1) is 35.9. The van der Waals surface area contributed by atoms with Gasteiger partial charge >= 0.3 is 12.1 Å². The summed E-state index contributed by atoms with van der Waals surface area (Å²) in [6.45, 7) is 1.01. The zero-order valence-corrected chi connectivity index (χ0v) is 25.7. The van der Waals surface area contributed by atoms with Crippen LogP contribution in [0.3, 0.4) is 0 Å². The molecular weight excluding hydrogens is 629 g/mol. The highest BCUT2D eigenvalue weighted by Crippen LogP contribution is 2.29. The second-order valence-corrected chi connectivity index (χ2v) is 12.0. The smallest absolute Gasteiger partial charge is 0.416 e. The van der Waals surface area contributed by atoms with E-state index in [1.807, 2.05) is 0 Å². The van der Waals surface area contributed by atoms with Crippen molar-refractivity contribution in [3.05, 3.63) is 105 Å². The number of alkyl halides is 3. The Morgan fingerprint density at radius 3 is 2.15 bits per heavy atom. The molecule has 0 saturated heterocycles. The Kier molecular flexibility index (Phi) is 13.0. The number of nitrogens with two attached hydrogens (primary N) is 1. The van der Waals surface area contributed by atoms with Gasteiger partial charge in [-0.1, -0.05) is 47.1 Å². The molecule has 11 nitrogen and oxygen atoms in total. The molecule has 46 heavy (non-hydrogen) atoms. The van der Waals surface area contributed by atoms with Crippen LogP contribution in [0.15, 0.2) is 82.8 Å². The third-order valence-corrected chi connectivity index (χ3v) is 8.00. The van der Waals surface area contributed by atoms with E-state index in [1.165, 1.54) is 24.3 Å². The number of ether oxygens (including phenoxy) is 2. The number of primary amides is 1. The van der Waals surface area contributed by atoms with Crippen molar-refractivity contribution in [3.63, 3.8) is 0 Å². The summed E-state index contributed by atoms with van der Waals surface area (Å²) in [6.07, 6.45) is -4.16. The minimum Gasteiger partial charge on any atom is -0.490 e. The summed E-state index contributed by atoms with van der Waals surface area (Å²) in [5.41, 5.74) is 15.3. The number of amides is 1. The van der Waals surface area contributed by atoms with Crippen molar-refractivity contribution in [3.8, 4) is 5.75 Å². The van der Waals surface area contributed by atoms with Crippen LogP contribution in [-0.2, 0) is 47.6 Å². The van der Waals surface area contributed by atoms with Crippen LogP contribution in [0.2, 0.25) is 0 Å². The maximum Gasteiger partial charge on any atom is 0.416 e. The standard InChI is InChI=1S/C31H33F3N4O7S/c1-21-6-16-27(17-7-21)46(41,42)44-20-26(19-43-25-14-10-23(11-15-25)18-28(30(35)40)37-38-36)45-29(39)5-3-2-4-22-8-12-24(13-9-22)31(32,33)34/h6-17,26,28H,2-5,18-20H2,1H3,(H2,35,40)/t26?,28-/m0/s1. The molecule has 0 saturated carbocycles. The van der Waals surface area contributed by atoms with Gasteiger partial charge in [-0.05, 0) is 85.7 Å². The third-order valence-electron chi connectivity index (χ3n) is 6.70. The summed E-state index contributed by atoms with van der Waals surface area (Å²) in [4.78, 5) is 26.6. The predicted molar refractivity (Wildman–Crippen MR) is 161 cm³/mol. The summed E-state index contributed by atoms with van der Waals surface area (Å²) in [7, 11) is -4.17. The number of benzene rings is 3. The number of hydrogen-bond acceptors (Lipinski definition) is 8. The van der Waals surface area contributed by atoms with Gasteiger partial charge in [0.2, 0.25) is 5.91 Å². The van der Waals surface area contributed by atoms with Crippen molar-refractivity contribution < 1.29 is 44.8 Å². The van der Waals surface area contributed by atoms with E-state index < -0.39 is 52.5 Å². The van der Waals surface area contributed by atoms with Gasteiger partial charge in [-0.2, -0.15) is 21.6 Å². The Morgan fingerprint density at radius 1 is 0.935 bits per heavy atom. The van der Waals surface area contributed by atoms with Crippen molar-refractivity contribution in [2.45, 2.75) is 62.2 Å². The first-order valence-electron chi connectivity index (χ1n) is 14.1. The molecule has 246 valence electrons. The molecular formula is C31H33F3N4O7S. The minimum atomic E-state index is -4.42. The lowest BCUT2D eigenvalue weighted by atomic mass is 10.1. The fourth-order valence-corrected chi connectivity index (χ4v) is 5.09. The van der Waals surface area contributed by atoms with Crippen LogP contribution >= 0.6 is 0 Å². The highest BCUT2D eigenvalue weighted by atomic mass is 32.2. The molecule has 3 aromatic rings. The molecule has 0 aliphatic carbocycles. The van der Waals surface area contributed by atoms with Crippen LogP contribution in [0.25, 0.3) is 10.4 Å². The van der Waals surface area contributed by atoms with E-state index >= 15 is 0 Å². The van der Waals surface area contributed by atoms with Crippen LogP contribution in [0.1, 0.15) is 41.5 Å². The molecule has 0 bridgehead atoms. The topological polar surface area (TPSA) is 171 Å². The van der Waals surface area contributed by atoms with E-state index in [0.717, 1.165) is 17.7 Å². The fraction of sp³-hybridized carbons (Fsp3) is 0.355. The lowest BCUT2D eigenvalue weighted by molar-refractivity contribution is -0.152. The summed E-state index contributed by atoms with van der Waals surface area (Å²) >= 11 is 0. The van der Waals surface area contributed by atoms with Crippen LogP contribution < -0.4 is 10.5 Å². The van der Waals surface area contributed by atoms with Gasteiger partial charge in [0.25, 0.3) is 10.1 Å². The average Bonchev–Trinajstić information content (AvgIpc) is 3.01. The van der Waals surface area contributed by atoms with E-state index in [9.17, 15) is 31.2 Å². The molecule has 0 aliphatic rings. The number of azide groups is 1. The van der Waals surface area contributed by atoms with E-state index in [4.69, 9.17) is 24.9 Å². The number of rotatable bonds is 17. The van der Waals surface area contributed by atoms with E-state index in [1.54, 1.807) is 43.3 Å². The monoisotopic (exact) mass is 662 g/mol. The first-order valence-corrected chi connectivity index (χ1v) is 15.5. The summed E-state index contributed by atoms with van der Waals surface area (Å²) in [6, 6.07) is 16.1. The Hall–Kier alpha value is -4.59. The number of hydrogen-bond donors (Lipinski definition) is 1. The van der Waals surface area contributed by atoms with E-state index in [2.05, 4.69) is 10.0 Å². The zero-order valence-electron chi connectivity index (χ0n) is 24.9. The van der Waals surface area contributed by atoms with Gasteiger partial charge in [0.05, 0.1) is 10.5 Å². The van der Waals surface area contributed by atoms with Gasteiger partial charge in [0.15, 0.2) is 6.10 Å². The van der Waals surface area contributed by atoms with Crippen molar-refractivity contribution in [2.24, 2.45) is 10.8 Å². The minimum absolute atomic E-state index is 0.0250. The molecule has 1 unspecified atom stereocenters. The molecule has 0 aliphatic heterocycles. The van der Waals surface area contributed by atoms with Crippen molar-refractivity contribution in [1.29, 1.82) is 0 Å². The van der Waals surface area contributed by atoms with Gasteiger partial charge < -0.3 is 15.2 Å². The molecule has 0 radical (unpaired) electrons. The normalized spacial score (nSPS) is 12.9. The molecule has 0 spiro atoms. The number of carbonyl (C=O) groups excluding carboxylic acids is 2. The van der Waals surface area contributed by atoms with Crippen molar-refractivity contribution in [2.75, 3.05) is 13.2 Å². The van der Waals surface area contributed by atoms with Gasteiger partial charge in [0, 0.05) is 11.3 Å². The number of halogens is 3. The summed E-state index contributed by atoms with van der Waals surface area (Å²) in [5, 5.41) is 3.37. The number of aryl methyl sites for hydroxylation is 2. The van der Waals surface area contributed by atoms with Crippen LogP contribution in [0.4, 0.5) is 13.2 Å². The molecule has 15 heteroatoms. The van der Waals surface area contributed by atoms with Crippen LogP contribution in [0.5, 0.6) is 5.75 Å². The highest BCUT2D eigenvalue weighted by molar-refractivity contribution is 7.86. The Balaban J connectivity index is 1.59. The Morgan fingerprint density at radius 2 is 1.57 bits per heavy atom. The largest absolute Gasteiger partial charge is 0.490 e. The molecule has 2 N–H and O–H groups in total. The third kappa shape index (κ3) is 11.7. The number of unbranched alkanes of at least 4 members (excludes halogenated alkanes) is 1. The van der Waals surface area contributed by atoms with Crippen LogP contribution in [-0.4, -0.2) is 45.7 Å². The van der Waals surface area contributed by atoms with Crippen LogP contribution in [0, 0.1) is 6.92 Å². The van der Waals surface area contributed by atoms with Gasteiger partial charge in [-0.25, -0.2) is 0 Å². The SMILES string of the molecule is Cc1ccc(S(=O)(=O)OCC(COc2ccc(C[C@H](N=[N+]=[N-])C(N)=O)cc2)OC(=O)CCCCc2ccc(C(F)(F)F)cc2)cc1. The molecule has 0 heterocycles. The summed E-state index contributed by atoms with van der Waals surface area (Å²) < 4.78 is 80.1. The second kappa shape index (κ2) is 16.6. The maximum absolute atomic E-state index is 12.8. The number of carbonyl (C=O) groups is 2. The molecule has 2 atom stereocenters. The Bertz CT molecular complexity index is 1610. The average molecular weight is 663 g/mol. The van der Waals surface area contributed by atoms with Crippen molar-refractivity contribution in [1.82, 2.24) is 0 Å². The predicted octanol–water partition coefficient (Wildman–Crippen LogP) is 5.83. The zero-order chi connectivity index (χ0) is 33.7. The maximum atomic E-state index is 12.8. The first-order chi connectivity index (χ1) is 21.8. The quantitative estimate of drug-likeness (QED) is 0.0473. The lowest BCUT2D eigenvalue weighted by Crippen LogP contribution is -2.31. The van der Waals surface area contributed by atoms with Gasteiger partial charge in [-0.15, -0.1) is 0 Å². The molecule has 0 fully saturated rings. The van der Waals surface area contributed by atoms with E-state index in [-0.39, 0.29) is 24.3 Å². The summed E-state index contributed by atoms with van der Waals surface area (Å²) in [5.74, 6) is -1.08. The second-order valence-electron chi connectivity index (χ2n) is 10.3. The Labute approximate surface area is 264 Å².